The molecule has 0 aromatic carbocycles. The summed E-state index contributed by atoms with van der Waals surface area (Å²) in [5.74, 6) is 1.83. The summed E-state index contributed by atoms with van der Waals surface area (Å²) in [4.78, 5) is 27.0. The first-order chi connectivity index (χ1) is 12.0. The lowest BCUT2D eigenvalue weighted by atomic mass is 10.1. The van der Waals surface area contributed by atoms with Crippen molar-refractivity contribution in [2.45, 2.75) is 33.6 Å². The molecule has 0 spiro atoms. The highest BCUT2D eigenvalue weighted by molar-refractivity contribution is 5.92. The number of anilines is 1. The molecule has 1 amide bonds. The summed E-state index contributed by atoms with van der Waals surface area (Å²) in [6.45, 7) is 7.63. The number of pyridine rings is 1. The molecule has 134 valence electrons. The number of amides is 1. The maximum atomic E-state index is 12.6. The molecule has 2 aromatic heterocycles. The van der Waals surface area contributed by atoms with Gasteiger partial charge in [0.25, 0.3) is 5.91 Å². The minimum atomic E-state index is -0.0912. The molecule has 6 nitrogen and oxygen atoms in total. The minimum Gasteiger partial charge on any atom is -0.370 e. The van der Waals surface area contributed by atoms with Crippen molar-refractivity contribution in [2.75, 3.05) is 25.5 Å². The Hall–Kier alpha value is -2.50. The third kappa shape index (κ3) is 6.14. The fraction of sp³-hybridized carbons (Fsp3) is 0.474. The summed E-state index contributed by atoms with van der Waals surface area (Å²) >= 11 is 0. The average Bonchev–Trinajstić information content (AvgIpc) is 2.59. The predicted octanol–water partition coefficient (Wildman–Crippen LogP) is 2.95. The van der Waals surface area contributed by atoms with Crippen LogP contribution in [0.4, 0.5) is 5.82 Å². The molecule has 0 atom stereocenters. The zero-order valence-electron chi connectivity index (χ0n) is 15.5. The van der Waals surface area contributed by atoms with Gasteiger partial charge in [-0.05, 0) is 43.4 Å². The summed E-state index contributed by atoms with van der Waals surface area (Å²) < 4.78 is 0. The lowest BCUT2D eigenvalue weighted by Gasteiger charge is -2.17. The van der Waals surface area contributed by atoms with Crippen LogP contribution in [0, 0.1) is 12.8 Å². The van der Waals surface area contributed by atoms with E-state index in [1.807, 2.05) is 12.1 Å². The van der Waals surface area contributed by atoms with E-state index in [2.05, 4.69) is 34.1 Å². The predicted molar refractivity (Wildman–Crippen MR) is 99.6 cm³/mol. The van der Waals surface area contributed by atoms with Crippen LogP contribution in [0.15, 0.2) is 30.6 Å². The standard InChI is InChI=1S/C19H27N5O/c1-14(2)5-11-21-18-13-17(22-15(3)23-18)19(25)24(4)12-8-16-6-9-20-10-7-16/h6-7,9-10,13-14H,5,8,11-12H2,1-4H3,(H,21,22,23). The van der Waals surface area contributed by atoms with E-state index in [-0.39, 0.29) is 5.91 Å². The molecule has 1 N–H and O–H groups in total. The Labute approximate surface area is 149 Å². The molecule has 0 bridgehead atoms. The second kappa shape index (κ2) is 9.11. The van der Waals surface area contributed by atoms with Crippen LogP contribution in [-0.4, -0.2) is 45.9 Å². The molecule has 0 saturated heterocycles. The highest BCUT2D eigenvalue weighted by Crippen LogP contribution is 2.10. The first-order valence-electron chi connectivity index (χ1n) is 8.69. The van der Waals surface area contributed by atoms with Crippen LogP contribution in [0.1, 0.15) is 42.1 Å². The van der Waals surface area contributed by atoms with Crippen LogP contribution in [0.3, 0.4) is 0 Å². The Balaban J connectivity index is 1.98. The van der Waals surface area contributed by atoms with Crippen molar-refractivity contribution in [2.24, 2.45) is 5.92 Å². The van der Waals surface area contributed by atoms with Gasteiger partial charge in [0.1, 0.15) is 17.3 Å². The van der Waals surface area contributed by atoms with Gasteiger partial charge in [0.05, 0.1) is 0 Å². The molecule has 0 fully saturated rings. The Morgan fingerprint density at radius 3 is 2.64 bits per heavy atom. The van der Waals surface area contributed by atoms with Gasteiger partial charge in [-0.3, -0.25) is 9.78 Å². The van der Waals surface area contributed by atoms with Gasteiger partial charge < -0.3 is 10.2 Å². The number of aromatic nitrogens is 3. The number of carbonyl (C=O) groups excluding carboxylic acids is 1. The Kier molecular flexibility index (Phi) is 6.86. The minimum absolute atomic E-state index is 0.0912. The third-order valence-corrected chi connectivity index (χ3v) is 3.92. The van der Waals surface area contributed by atoms with E-state index in [4.69, 9.17) is 0 Å². The molecule has 2 rings (SSSR count). The second-order valence-electron chi connectivity index (χ2n) is 6.63. The van der Waals surface area contributed by atoms with E-state index in [1.54, 1.807) is 37.3 Å². The van der Waals surface area contributed by atoms with Gasteiger partial charge in [-0.15, -0.1) is 0 Å². The lowest BCUT2D eigenvalue weighted by Crippen LogP contribution is -2.30. The first kappa shape index (κ1) is 18.8. The zero-order chi connectivity index (χ0) is 18.2. The molecule has 0 saturated carbocycles. The van der Waals surface area contributed by atoms with Crippen LogP contribution in [0.2, 0.25) is 0 Å². The Bertz CT molecular complexity index is 687. The molecule has 0 aliphatic rings. The van der Waals surface area contributed by atoms with E-state index in [0.29, 0.717) is 29.8 Å². The van der Waals surface area contributed by atoms with E-state index < -0.39 is 0 Å². The van der Waals surface area contributed by atoms with Crippen LogP contribution < -0.4 is 5.32 Å². The Morgan fingerprint density at radius 2 is 1.96 bits per heavy atom. The van der Waals surface area contributed by atoms with Gasteiger partial charge >= 0.3 is 0 Å². The van der Waals surface area contributed by atoms with Crippen LogP contribution >= 0.6 is 0 Å². The second-order valence-corrected chi connectivity index (χ2v) is 6.63. The monoisotopic (exact) mass is 341 g/mol. The number of hydrogen-bond donors (Lipinski definition) is 1. The smallest absolute Gasteiger partial charge is 0.272 e. The molecule has 0 aliphatic carbocycles. The van der Waals surface area contributed by atoms with Gasteiger partial charge in [0.15, 0.2) is 0 Å². The van der Waals surface area contributed by atoms with Crippen molar-refractivity contribution in [1.82, 2.24) is 19.9 Å². The number of nitrogens with zero attached hydrogens (tertiary/aromatic N) is 4. The summed E-state index contributed by atoms with van der Waals surface area (Å²) in [5.41, 5.74) is 1.58. The Morgan fingerprint density at radius 1 is 1.24 bits per heavy atom. The van der Waals surface area contributed by atoms with E-state index >= 15 is 0 Å². The maximum Gasteiger partial charge on any atom is 0.272 e. The van der Waals surface area contributed by atoms with Crippen LogP contribution in [0.25, 0.3) is 0 Å². The number of rotatable bonds is 8. The van der Waals surface area contributed by atoms with Gasteiger partial charge in [0, 0.05) is 38.6 Å². The van der Waals surface area contributed by atoms with Crippen molar-refractivity contribution in [3.8, 4) is 0 Å². The molecule has 2 aromatic rings. The first-order valence-corrected chi connectivity index (χ1v) is 8.69. The lowest BCUT2D eigenvalue weighted by molar-refractivity contribution is 0.0790. The van der Waals surface area contributed by atoms with Crippen molar-refractivity contribution < 1.29 is 4.79 Å². The van der Waals surface area contributed by atoms with Crippen LogP contribution in [0.5, 0.6) is 0 Å². The topological polar surface area (TPSA) is 71.0 Å². The molecular weight excluding hydrogens is 314 g/mol. The molecule has 25 heavy (non-hydrogen) atoms. The SMILES string of the molecule is Cc1nc(NCCC(C)C)cc(C(=O)N(C)CCc2ccncc2)n1. The summed E-state index contributed by atoms with van der Waals surface area (Å²) in [7, 11) is 1.80. The molecular formula is C19H27N5O. The normalized spacial score (nSPS) is 10.8. The van der Waals surface area contributed by atoms with E-state index in [1.165, 1.54) is 0 Å². The van der Waals surface area contributed by atoms with Crippen LogP contribution in [-0.2, 0) is 6.42 Å². The number of carbonyl (C=O) groups is 1. The number of hydrogen-bond acceptors (Lipinski definition) is 5. The number of aryl methyl sites for hydroxylation is 1. The third-order valence-electron chi connectivity index (χ3n) is 3.92. The largest absolute Gasteiger partial charge is 0.370 e. The highest BCUT2D eigenvalue weighted by Gasteiger charge is 2.15. The highest BCUT2D eigenvalue weighted by atomic mass is 16.2. The maximum absolute atomic E-state index is 12.6. The molecule has 0 aliphatic heterocycles. The van der Waals surface area contributed by atoms with Crippen molar-refractivity contribution in [3.05, 3.63) is 47.7 Å². The molecule has 2 heterocycles. The number of likely N-dealkylation sites (N-methyl/N-ethyl adjacent to an activating group) is 1. The van der Waals surface area contributed by atoms with Crippen molar-refractivity contribution in [3.63, 3.8) is 0 Å². The average molecular weight is 341 g/mol. The van der Waals surface area contributed by atoms with E-state index in [9.17, 15) is 4.79 Å². The summed E-state index contributed by atoms with van der Waals surface area (Å²) in [6.07, 6.45) is 5.37. The van der Waals surface area contributed by atoms with Gasteiger partial charge in [0.2, 0.25) is 0 Å². The summed E-state index contributed by atoms with van der Waals surface area (Å²) in [6, 6.07) is 5.66. The fourth-order valence-electron chi connectivity index (χ4n) is 2.40. The van der Waals surface area contributed by atoms with Gasteiger partial charge in [-0.25, -0.2) is 9.97 Å². The molecule has 0 unspecified atom stereocenters. The molecule has 6 heteroatoms. The summed E-state index contributed by atoms with van der Waals surface area (Å²) in [5, 5.41) is 3.28. The van der Waals surface area contributed by atoms with Crippen molar-refractivity contribution in [1.29, 1.82) is 0 Å². The van der Waals surface area contributed by atoms with Gasteiger partial charge in [-0.1, -0.05) is 13.8 Å². The molecule has 0 radical (unpaired) electrons. The zero-order valence-corrected chi connectivity index (χ0v) is 15.5. The van der Waals surface area contributed by atoms with Crippen molar-refractivity contribution >= 4 is 11.7 Å². The van der Waals surface area contributed by atoms with E-state index in [0.717, 1.165) is 24.9 Å². The number of nitrogens with one attached hydrogen (secondary N) is 1. The fourth-order valence-corrected chi connectivity index (χ4v) is 2.40. The quantitative estimate of drug-likeness (QED) is 0.799. The van der Waals surface area contributed by atoms with Gasteiger partial charge in [-0.2, -0.15) is 0 Å².